The monoisotopic (exact) mass is 282 g/mol. The Kier molecular flexibility index (Phi) is 4.98. The molecule has 1 aromatic rings. The van der Waals surface area contributed by atoms with Crippen LogP contribution in [0.5, 0.6) is 0 Å². The van der Waals surface area contributed by atoms with Gasteiger partial charge in [-0.3, -0.25) is 0 Å². The van der Waals surface area contributed by atoms with Gasteiger partial charge in [0.1, 0.15) is 5.01 Å². The summed E-state index contributed by atoms with van der Waals surface area (Å²) in [5.41, 5.74) is 1.35. The summed E-state index contributed by atoms with van der Waals surface area (Å²) in [6, 6.07) is 0. The van der Waals surface area contributed by atoms with E-state index in [0.717, 1.165) is 26.1 Å². The van der Waals surface area contributed by atoms with Crippen molar-refractivity contribution in [2.75, 3.05) is 13.2 Å². The van der Waals surface area contributed by atoms with E-state index in [4.69, 9.17) is 9.72 Å². The first-order valence-electron chi connectivity index (χ1n) is 7.28. The first kappa shape index (κ1) is 14.9. The summed E-state index contributed by atoms with van der Waals surface area (Å²) in [6.07, 6.45) is 2.77. The standard InChI is InChI=1S/C15H26N2OS/c1-5-12-11(6-7-18-12)8-16-9-14-17-13(10-19-14)15(2,3)4/h10-12,16H,5-9H2,1-4H3. The second-order valence-electron chi connectivity index (χ2n) is 6.37. The maximum Gasteiger partial charge on any atom is 0.107 e. The Bertz CT molecular complexity index is 397. The van der Waals surface area contributed by atoms with E-state index in [-0.39, 0.29) is 5.41 Å². The number of rotatable bonds is 5. The molecule has 0 aromatic carbocycles. The summed E-state index contributed by atoms with van der Waals surface area (Å²) in [7, 11) is 0. The SMILES string of the molecule is CCC1OCCC1CNCc1nc(C(C)(C)C)cs1. The fourth-order valence-corrected chi connectivity index (χ4v) is 3.47. The van der Waals surface area contributed by atoms with Gasteiger partial charge >= 0.3 is 0 Å². The number of nitrogens with one attached hydrogen (secondary N) is 1. The maximum absolute atomic E-state index is 5.71. The minimum absolute atomic E-state index is 0.154. The number of thiazole rings is 1. The lowest BCUT2D eigenvalue weighted by molar-refractivity contribution is 0.0872. The number of aromatic nitrogens is 1. The van der Waals surface area contributed by atoms with Gasteiger partial charge in [-0.2, -0.15) is 0 Å². The van der Waals surface area contributed by atoms with Crippen LogP contribution in [0.1, 0.15) is 51.2 Å². The third-order valence-corrected chi connectivity index (χ3v) is 4.60. The van der Waals surface area contributed by atoms with Crippen LogP contribution in [0.2, 0.25) is 0 Å². The summed E-state index contributed by atoms with van der Waals surface area (Å²) in [4.78, 5) is 4.71. The molecular formula is C15H26N2OS. The minimum Gasteiger partial charge on any atom is -0.378 e. The predicted molar refractivity (Wildman–Crippen MR) is 80.7 cm³/mol. The molecule has 2 unspecified atom stereocenters. The van der Waals surface area contributed by atoms with Crippen molar-refractivity contribution in [1.29, 1.82) is 0 Å². The molecule has 1 aromatic heterocycles. The molecule has 1 saturated heterocycles. The molecule has 0 amide bonds. The first-order valence-corrected chi connectivity index (χ1v) is 8.16. The van der Waals surface area contributed by atoms with Crippen molar-refractivity contribution in [1.82, 2.24) is 10.3 Å². The zero-order valence-corrected chi connectivity index (χ0v) is 13.3. The summed E-state index contributed by atoms with van der Waals surface area (Å²) in [6.45, 7) is 11.7. The lowest BCUT2D eigenvalue weighted by Gasteiger charge is -2.17. The third-order valence-electron chi connectivity index (χ3n) is 3.75. The van der Waals surface area contributed by atoms with Crippen LogP contribution in [0.3, 0.4) is 0 Å². The largest absolute Gasteiger partial charge is 0.378 e. The van der Waals surface area contributed by atoms with Crippen LogP contribution in [-0.4, -0.2) is 24.2 Å². The fourth-order valence-electron chi connectivity index (χ4n) is 2.48. The lowest BCUT2D eigenvalue weighted by Crippen LogP contribution is -2.28. The number of nitrogens with zero attached hydrogens (tertiary/aromatic N) is 1. The van der Waals surface area contributed by atoms with Gasteiger partial charge in [-0.1, -0.05) is 27.7 Å². The molecule has 1 N–H and O–H groups in total. The van der Waals surface area contributed by atoms with Gasteiger partial charge in [0.2, 0.25) is 0 Å². The molecule has 1 aliphatic heterocycles. The Morgan fingerprint density at radius 1 is 1.47 bits per heavy atom. The molecule has 19 heavy (non-hydrogen) atoms. The summed E-state index contributed by atoms with van der Waals surface area (Å²) >= 11 is 1.76. The topological polar surface area (TPSA) is 34.1 Å². The highest BCUT2D eigenvalue weighted by Crippen LogP contribution is 2.25. The highest BCUT2D eigenvalue weighted by atomic mass is 32.1. The number of hydrogen-bond acceptors (Lipinski definition) is 4. The van der Waals surface area contributed by atoms with E-state index < -0.39 is 0 Å². The van der Waals surface area contributed by atoms with Crippen molar-refractivity contribution in [2.24, 2.45) is 5.92 Å². The lowest BCUT2D eigenvalue weighted by atomic mass is 9.93. The zero-order valence-electron chi connectivity index (χ0n) is 12.5. The van der Waals surface area contributed by atoms with Gasteiger partial charge in [0.05, 0.1) is 11.8 Å². The second kappa shape index (κ2) is 6.33. The van der Waals surface area contributed by atoms with E-state index in [1.807, 2.05) is 0 Å². The van der Waals surface area contributed by atoms with Crippen LogP contribution >= 0.6 is 11.3 Å². The molecule has 2 rings (SSSR count). The molecule has 2 atom stereocenters. The minimum atomic E-state index is 0.154. The first-order chi connectivity index (χ1) is 9.00. The van der Waals surface area contributed by atoms with Crippen molar-refractivity contribution < 1.29 is 4.74 Å². The van der Waals surface area contributed by atoms with E-state index in [0.29, 0.717) is 12.0 Å². The van der Waals surface area contributed by atoms with E-state index in [1.54, 1.807) is 11.3 Å². The molecule has 0 saturated carbocycles. The molecule has 0 bridgehead atoms. The summed E-state index contributed by atoms with van der Waals surface area (Å²) in [5, 5.41) is 6.92. The van der Waals surface area contributed by atoms with Gasteiger partial charge in [-0.05, 0) is 18.8 Å². The summed E-state index contributed by atoms with van der Waals surface area (Å²) < 4.78 is 5.71. The van der Waals surface area contributed by atoms with Crippen molar-refractivity contribution in [3.8, 4) is 0 Å². The molecule has 3 nitrogen and oxygen atoms in total. The normalized spacial score (nSPS) is 24.0. The van der Waals surface area contributed by atoms with Crippen LogP contribution in [0.25, 0.3) is 0 Å². The smallest absolute Gasteiger partial charge is 0.107 e. The molecule has 1 aliphatic rings. The van der Waals surface area contributed by atoms with Gasteiger partial charge in [0.15, 0.2) is 0 Å². The average Bonchev–Trinajstić information content (AvgIpc) is 2.96. The van der Waals surface area contributed by atoms with Gasteiger partial charge < -0.3 is 10.1 Å². The summed E-state index contributed by atoms with van der Waals surface area (Å²) in [5.74, 6) is 0.673. The highest BCUT2D eigenvalue weighted by molar-refractivity contribution is 7.09. The van der Waals surface area contributed by atoms with Crippen LogP contribution in [0.15, 0.2) is 5.38 Å². The van der Waals surface area contributed by atoms with Gasteiger partial charge in [-0.15, -0.1) is 11.3 Å². The maximum atomic E-state index is 5.71. The Balaban J connectivity index is 1.78. The molecule has 0 aliphatic carbocycles. The van der Waals surface area contributed by atoms with E-state index >= 15 is 0 Å². The number of hydrogen-bond donors (Lipinski definition) is 1. The number of ether oxygens (including phenoxy) is 1. The van der Waals surface area contributed by atoms with Crippen molar-refractivity contribution in [2.45, 2.75) is 58.6 Å². The molecule has 4 heteroatoms. The third kappa shape index (κ3) is 4.01. The van der Waals surface area contributed by atoms with Crippen LogP contribution in [-0.2, 0) is 16.7 Å². The van der Waals surface area contributed by atoms with Gasteiger partial charge in [0, 0.05) is 30.5 Å². The molecule has 0 radical (unpaired) electrons. The molecule has 2 heterocycles. The van der Waals surface area contributed by atoms with Crippen LogP contribution < -0.4 is 5.32 Å². The van der Waals surface area contributed by atoms with Crippen LogP contribution in [0.4, 0.5) is 0 Å². The predicted octanol–water partition coefficient (Wildman–Crippen LogP) is 3.35. The van der Waals surface area contributed by atoms with Crippen molar-refractivity contribution in [3.05, 3.63) is 16.1 Å². The quantitative estimate of drug-likeness (QED) is 0.899. The van der Waals surface area contributed by atoms with Crippen molar-refractivity contribution in [3.63, 3.8) is 0 Å². The average molecular weight is 282 g/mol. The Labute approximate surface area is 120 Å². The molecular weight excluding hydrogens is 256 g/mol. The molecule has 0 spiro atoms. The van der Waals surface area contributed by atoms with Crippen molar-refractivity contribution >= 4 is 11.3 Å². The molecule has 108 valence electrons. The second-order valence-corrected chi connectivity index (χ2v) is 7.32. The van der Waals surface area contributed by atoms with Gasteiger partial charge in [-0.25, -0.2) is 4.98 Å². The highest BCUT2D eigenvalue weighted by Gasteiger charge is 2.26. The Morgan fingerprint density at radius 2 is 2.26 bits per heavy atom. The van der Waals surface area contributed by atoms with E-state index in [9.17, 15) is 0 Å². The van der Waals surface area contributed by atoms with E-state index in [2.05, 4.69) is 38.4 Å². The Hall–Kier alpha value is -0.450. The fraction of sp³-hybridized carbons (Fsp3) is 0.800. The zero-order chi connectivity index (χ0) is 13.9. The Morgan fingerprint density at radius 3 is 2.89 bits per heavy atom. The molecule has 1 fully saturated rings. The van der Waals surface area contributed by atoms with Gasteiger partial charge in [0.25, 0.3) is 0 Å². The van der Waals surface area contributed by atoms with Crippen LogP contribution in [0, 0.1) is 5.92 Å². The van der Waals surface area contributed by atoms with E-state index in [1.165, 1.54) is 17.1 Å².